The summed E-state index contributed by atoms with van der Waals surface area (Å²) < 4.78 is 28.6. The molecule has 0 bridgehead atoms. The van der Waals surface area contributed by atoms with Gasteiger partial charge in [-0.3, -0.25) is 13.9 Å². The molecule has 0 unspecified atom stereocenters. The van der Waals surface area contributed by atoms with Gasteiger partial charge in [-0.1, -0.05) is 65.1 Å². The smallest absolute Gasteiger partial charge is 0.264 e. The molecule has 11 heteroatoms. The molecule has 3 aromatic carbocycles. The molecule has 3 aromatic rings. The first-order valence-electron chi connectivity index (χ1n) is 11.8. The van der Waals surface area contributed by atoms with Gasteiger partial charge in [0.25, 0.3) is 10.0 Å². The molecule has 0 fully saturated rings. The Bertz CT molecular complexity index is 1400. The van der Waals surface area contributed by atoms with Crippen LogP contribution in [0, 0.1) is 6.92 Å². The van der Waals surface area contributed by atoms with Gasteiger partial charge in [-0.05, 0) is 62.7 Å². The first-order chi connectivity index (χ1) is 18.0. The molecule has 0 spiro atoms. The summed E-state index contributed by atoms with van der Waals surface area (Å²) in [6.07, 6.45) is 0. The average molecular weight is 597 g/mol. The van der Waals surface area contributed by atoms with E-state index in [-0.39, 0.29) is 17.1 Å². The van der Waals surface area contributed by atoms with E-state index in [0.717, 1.165) is 4.31 Å². The average Bonchev–Trinajstić information content (AvgIpc) is 2.88. The number of nitrogens with one attached hydrogen (secondary N) is 1. The number of anilines is 1. The van der Waals surface area contributed by atoms with Gasteiger partial charge in [0.05, 0.1) is 10.6 Å². The van der Waals surface area contributed by atoms with Crippen molar-refractivity contribution in [1.29, 1.82) is 0 Å². The van der Waals surface area contributed by atoms with Crippen molar-refractivity contribution in [2.75, 3.05) is 17.4 Å². The number of rotatable bonds is 10. The highest BCUT2D eigenvalue weighted by Gasteiger charge is 2.33. The van der Waals surface area contributed by atoms with Gasteiger partial charge in [0.15, 0.2) is 0 Å². The second-order valence-electron chi connectivity index (χ2n) is 8.55. The van der Waals surface area contributed by atoms with E-state index in [4.69, 9.17) is 34.8 Å². The lowest BCUT2D eigenvalue weighted by atomic mass is 10.1. The van der Waals surface area contributed by atoms with E-state index in [9.17, 15) is 18.0 Å². The van der Waals surface area contributed by atoms with E-state index < -0.39 is 34.4 Å². The third-order valence-corrected chi connectivity index (χ3v) is 8.68. The minimum absolute atomic E-state index is 0.00430. The monoisotopic (exact) mass is 595 g/mol. The summed E-state index contributed by atoms with van der Waals surface area (Å²) in [4.78, 5) is 28.0. The van der Waals surface area contributed by atoms with Crippen LogP contribution in [0.3, 0.4) is 0 Å². The number of benzene rings is 3. The van der Waals surface area contributed by atoms with Gasteiger partial charge in [-0.15, -0.1) is 0 Å². The van der Waals surface area contributed by atoms with Crippen LogP contribution in [0.5, 0.6) is 0 Å². The number of nitrogens with zero attached hydrogens (tertiary/aromatic N) is 2. The molecule has 0 aliphatic rings. The SMILES string of the molecule is CCNC(=O)[C@@H](C)N(Cc1c(Cl)cccc1Cl)C(=O)CN(c1cc(Cl)ccc1C)S(=O)(=O)c1ccccc1. The van der Waals surface area contributed by atoms with Gasteiger partial charge in [0, 0.05) is 33.7 Å². The van der Waals surface area contributed by atoms with Crippen molar-refractivity contribution in [3.8, 4) is 0 Å². The lowest BCUT2D eigenvalue weighted by Gasteiger charge is -2.32. The van der Waals surface area contributed by atoms with Gasteiger partial charge >= 0.3 is 0 Å². The molecule has 0 radical (unpaired) electrons. The highest BCUT2D eigenvalue weighted by atomic mass is 35.5. The third kappa shape index (κ3) is 6.80. The number of amides is 2. The highest BCUT2D eigenvalue weighted by Crippen LogP contribution is 2.31. The third-order valence-electron chi connectivity index (χ3n) is 5.96. The molecule has 0 aliphatic carbocycles. The van der Waals surface area contributed by atoms with Crippen molar-refractivity contribution < 1.29 is 18.0 Å². The Hall–Kier alpha value is -2.78. The maximum Gasteiger partial charge on any atom is 0.264 e. The van der Waals surface area contributed by atoms with E-state index in [0.29, 0.717) is 32.7 Å². The first kappa shape index (κ1) is 29.8. The van der Waals surface area contributed by atoms with Crippen LogP contribution >= 0.6 is 34.8 Å². The Morgan fingerprint density at radius 2 is 1.58 bits per heavy atom. The fourth-order valence-corrected chi connectivity index (χ4v) is 6.02. The van der Waals surface area contributed by atoms with Crippen LogP contribution in [0.15, 0.2) is 71.6 Å². The van der Waals surface area contributed by atoms with Gasteiger partial charge in [-0.2, -0.15) is 0 Å². The van der Waals surface area contributed by atoms with E-state index >= 15 is 0 Å². The first-order valence-corrected chi connectivity index (χ1v) is 14.4. The van der Waals surface area contributed by atoms with Crippen LogP contribution < -0.4 is 9.62 Å². The van der Waals surface area contributed by atoms with E-state index in [1.54, 1.807) is 69.3 Å². The van der Waals surface area contributed by atoms with E-state index in [1.165, 1.54) is 23.1 Å². The Labute approximate surface area is 238 Å². The van der Waals surface area contributed by atoms with Crippen molar-refractivity contribution in [3.05, 3.63) is 92.9 Å². The fraction of sp³-hybridized carbons (Fsp3) is 0.259. The van der Waals surface area contributed by atoms with Gasteiger partial charge in [0.2, 0.25) is 11.8 Å². The molecule has 7 nitrogen and oxygen atoms in total. The number of carbonyl (C=O) groups is 2. The number of likely N-dealkylation sites (N-methyl/N-ethyl adjacent to an activating group) is 1. The van der Waals surface area contributed by atoms with Crippen molar-refractivity contribution in [1.82, 2.24) is 10.2 Å². The van der Waals surface area contributed by atoms with Crippen LogP contribution in [0.4, 0.5) is 5.69 Å². The number of halogens is 3. The standard InChI is InChI=1S/C27H28Cl3N3O4S/c1-4-31-27(35)19(3)32(16-22-23(29)11-8-12-24(22)30)26(34)17-33(25-15-20(28)14-13-18(25)2)38(36,37)21-9-6-5-7-10-21/h5-15,19H,4,16-17H2,1-3H3,(H,31,35)/t19-/m1/s1. The van der Waals surface area contributed by atoms with E-state index in [2.05, 4.69) is 5.32 Å². The summed E-state index contributed by atoms with van der Waals surface area (Å²) in [5.74, 6) is -1.03. The quantitative estimate of drug-likeness (QED) is 0.325. The summed E-state index contributed by atoms with van der Waals surface area (Å²) in [5, 5.41) is 3.65. The number of hydrogen-bond acceptors (Lipinski definition) is 4. The molecule has 0 aliphatic heterocycles. The summed E-state index contributed by atoms with van der Waals surface area (Å²) in [5.41, 5.74) is 1.28. The van der Waals surface area contributed by atoms with Crippen LogP contribution in [-0.2, 0) is 26.2 Å². The highest BCUT2D eigenvalue weighted by molar-refractivity contribution is 7.92. The molecule has 202 valence electrons. The molecular weight excluding hydrogens is 569 g/mol. The number of aryl methyl sites for hydroxylation is 1. The van der Waals surface area contributed by atoms with Crippen LogP contribution in [0.25, 0.3) is 0 Å². The molecule has 1 N–H and O–H groups in total. The molecule has 3 rings (SSSR count). The molecule has 0 aromatic heterocycles. The Kier molecular flexibility index (Phi) is 10.1. The van der Waals surface area contributed by atoms with Crippen LogP contribution in [0.2, 0.25) is 15.1 Å². The van der Waals surface area contributed by atoms with Crippen LogP contribution in [-0.4, -0.2) is 44.3 Å². The maximum atomic E-state index is 13.9. The molecule has 2 amide bonds. The molecule has 1 atom stereocenters. The summed E-state index contributed by atoms with van der Waals surface area (Å²) >= 11 is 19.0. The van der Waals surface area contributed by atoms with Crippen LogP contribution in [0.1, 0.15) is 25.0 Å². The minimum Gasteiger partial charge on any atom is -0.355 e. The Morgan fingerprint density at radius 1 is 0.947 bits per heavy atom. The van der Waals surface area contributed by atoms with Gasteiger partial charge < -0.3 is 10.2 Å². The summed E-state index contributed by atoms with van der Waals surface area (Å²) in [6, 6.07) is 16.6. The lowest BCUT2D eigenvalue weighted by Crippen LogP contribution is -2.51. The van der Waals surface area contributed by atoms with Crippen molar-refractivity contribution in [2.24, 2.45) is 0 Å². The summed E-state index contributed by atoms with van der Waals surface area (Å²) in [7, 11) is -4.19. The predicted octanol–water partition coefficient (Wildman–Crippen LogP) is 5.70. The summed E-state index contributed by atoms with van der Waals surface area (Å²) in [6.45, 7) is 4.70. The molecule has 0 saturated carbocycles. The van der Waals surface area contributed by atoms with Gasteiger partial charge in [-0.25, -0.2) is 8.42 Å². The maximum absolute atomic E-state index is 13.9. The minimum atomic E-state index is -4.19. The molecule has 38 heavy (non-hydrogen) atoms. The zero-order chi connectivity index (χ0) is 28.0. The molecule has 0 saturated heterocycles. The number of carbonyl (C=O) groups excluding carboxylic acids is 2. The predicted molar refractivity (Wildman–Crippen MR) is 152 cm³/mol. The number of hydrogen-bond donors (Lipinski definition) is 1. The Balaban J connectivity index is 2.10. The largest absolute Gasteiger partial charge is 0.355 e. The molecular formula is C27H28Cl3N3O4S. The second kappa shape index (κ2) is 12.8. The van der Waals surface area contributed by atoms with Crippen molar-refractivity contribution in [3.63, 3.8) is 0 Å². The van der Waals surface area contributed by atoms with Crippen molar-refractivity contribution in [2.45, 2.75) is 38.3 Å². The topological polar surface area (TPSA) is 86.8 Å². The van der Waals surface area contributed by atoms with Gasteiger partial charge in [0.1, 0.15) is 12.6 Å². The zero-order valence-electron chi connectivity index (χ0n) is 21.1. The van der Waals surface area contributed by atoms with E-state index in [1.807, 2.05) is 0 Å². The zero-order valence-corrected chi connectivity index (χ0v) is 24.2. The number of sulfonamides is 1. The normalized spacial score (nSPS) is 12.1. The Morgan fingerprint density at radius 3 is 2.18 bits per heavy atom. The molecule has 0 heterocycles. The van der Waals surface area contributed by atoms with Crippen molar-refractivity contribution >= 4 is 62.3 Å². The lowest BCUT2D eigenvalue weighted by molar-refractivity contribution is -0.139. The second-order valence-corrected chi connectivity index (χ2v) is 11.7. The fourth-order valence-electron chi connectivity index (χ4n) is 3.84.